The molecule has 1 aliphatic carbocycles. The van der Waals surface area contributed by atoms with Crippen molar-refractivity contribution < 1.29 is 4.79 Å². The molecule has 25 heavy (non-hydrogen) atoms. The summed E-state index contributed by atoms with van der Waals surface area (Å²) in [7, 11) is 3.70. The Balaban J connectivity index is 1.77. The van der Waals surface area contributed by atoms with Gasteiger partial charge in [-0.05, 0) is 33.6 Å². The molecule has 138 valence electrons. The van der Waals surface area contributed by atoms with Crippen molar-refractivity contribution in [3.63, 3.8) is 0 Å². The van der Waals surface area contributed by atoms with Crippen molar-refractivity contribution in [1.82, 2.24) is 25.3 Å². The number of hydrogen-bond donors (Lipinski definition) is 2. The summed E-state index contributed by atoms with van der Waals surface area (Å²) in [5.74, 6) is 1.22. The van der Waals surface area contributed by atoms with Crippen LogP contribution in [0.4, 0.5) is 0 Å². The fourth-order valence-corrected chi connectivity index (χ4v) is 3.63. The molecule has 2 N–H and O–H groups in total. The predicted octanol–water partition coefficient (Wildman–Crippen LogP) is 1.44. The van der Waals surface area contributed by atoms with Crippen LogP contribution >= 0.6 is 0 Å². The Hall–Kier alpha value is -2.05. The lowest BCUT2D eigenvalue weighted by atomic mass is 9.93. The van der Waals surface area contributed by atoms with E-state index in [9.17, 15) is 4.79 Å². The van der Waals surface area contributed by atoms with Crippen LogP contribution in [0.3, 0.4) is 0 Å². The molecule has 0 radical (unpaired) electrons. The van der Waals surface area contributed by atoms with Gasteiger partial charge in [0, 0.05) is 56.3 Å². The molecule has 0 bridgehead atoms. The number of hydrogen-bond acceptors (Lipinski definition) is 3. The maximum Gasteiger partial charge on any atom is 0.223 e. The number of aromatic nitrogens is 2. The van der Waals surface area contributed by atoms with E-state index in [1.807, 2.05) is 24.3 Å². The Morgan fingerprint density at radius 2 is 2.12 bits per heavy atom. The first-order chi connectivity index (χ1) is 11.8. The van der Waals surface area contributed by atoms with Crippen LogP contribution < -0.4 is 10.6 Å². The summed E-state index contributed by atoms with van der Waals surface area (Å²) in [5.41, 5.74) is 0.875. The number of likely N-dealkylation sites (tertiary alicyclic amines) is 1. The van der Waals surface area contributed by atoms with Crippen LogP contribution in [0.25, 0.3) is 0 Å². The number of amides is 1. The van der Waals surface area contributed by atoms with Crippen molar-refractivity contribution in [2.45, 2.75) is 57.7 Å². The first-order valence-electron chi connectivity index (χ1n) is 9.07. The maximum atomic E-state index is 12.7. The van der Waals surface area contributed by atoms with Crippen LogP contribution in [0.5, 0.6) is 0 Å². The molecule has 2 aliphatic rings. The van der Waals surface area contributed by atoms with E-state index < -0.39 is 0 Å². The smallest absolute Gasteiger partial charge is 0.223 e. The third-order valence-corrected chi connectivity index (χ3v) is 4.89. The van der Waals surface area contributed by atoms with E-state index in [1.165, 1.54) is 12.8 Å². The van der Waals surface area contributed by atoms with Gasteiger partial charge in [-0.1, -0.05) is 0 Å². The molecule has 1 aliphatic heterocycles. The molecular formula is C18H30N6O. The van der Waals surface area contributed by atoms with Crippen LogP contribution in [-0.2, 0) is 11.8 Å². The molecule has 3 rings (SSSR count). The van der Waals surface area contributed by atoms with E-state index in [0.29, 0.717) is 19.0 Å². The number of rotatable bonds is 4. The normalized spacial score (nSPS) is 24.8. The van der Waals surface area contributed by atoms with Gasteiger partial charge in [-0.15, -0.1) is 0 Å². The van der Waals surface area contributed by atoms with E-state index in [1.54, 1.807) is 11.7 Å². The Kier molecular flexibility index (Phi) is 4.75. The maximum absolute atomic E-state index is 12.7. The van der Waals surface area contributed by atoms with Gasteiger partial charge in [0.15, 0.2) is 5.96 Å². The highest BCUT2D eigenvalue weighted by molar-refractivity contribution is 5.82. The van der Waals surface area contributed by atoms with Crippen molar-refractivity contribution in [2.75, 3.05) is 13.6 Å². The van der Waals surface area contributed by atoms with Gasteiger partial charge in [-0.25, -0.2) is 0 Å². The number of guanidine groups is 1. The highest BCUT2D eigenvalue weighted by Gasteiger charge is 2.45. The van der Waals surface area contributed by atoms with E-state index in [2.05, 4.69) is 41.5 Å². The molecular weight excluding hydrogens is 316 g/mol. The minimum absolute atomic E-state index is 0.0349. The third kappa shape index (κ3) is 3.96. The molecule has 0 aromatic carbocycles. The lowest BCUT2D eigenvalue weighted by molar-refractivity contribution is -0.133. The Morgan fingerprint density at radius 3 is 2.64 bits per heavy atom. The van der Waals surface area contributed by atoms with Gasteiger partial charge in [-0.3, -0.25) is 14.5 Å². The van der Waals surface area contributed by atoms with E-state index in [-0.39, 0.29) is 23.4 Å². The summed E-state index contributed by atoms with van der Waals surface area (Å²) < 4.78 is 1.80. The summed E-state index contributed by atoms with van der Waals surface area (Å²) in [6.45, 7) is 7.00. The Morgan fingerprint density at radius 1 is 1.40 bits per heavy atom. The number of aliphatic imine (C=N–C) groups is 1. The number of nitrogens with zero attached hydrogens (tertiary/aromatic N) is 4. The topological polar surface area (TPSA) is 74.5 Å². The van der Waals surface area contributed by atoms with Crippen molar-refractivity contribution in [1.29, 1.82) is 0 Å². The van der Waals surface area contributed by atoms with Crippen LogP contribution in [0.15, 0.2) is 17.4 Å². The van der Waals surface area contributed by atoms with Crippen LogP contribution in [0, 0.1) is 5.92 Å². The average molecular weight is 346 g/mol. The number of carbonyl (C=O) groups is 1. The van der Waals surface area contributed by atoms with E-state index >= 15 is 0 Å². The monoisotopic (exact) mass is 346 g/mol. The average Bonchev–Trinajstić information content (AvgIpc) is 3.14. The van der Waals surface area contributed by atoms with Crippen molar-refractivity contribution in [3.8, 4) is 0 Å². The largest absolute Gasteiger partial charge is 0.356 e. The third-order valence-electron chi connectivity index (χ3n) is 4.89. The SMILES string of the molecule is CN=C(NC[C@@H]1CC(=O)N(C(C)(C)C)[C@H]1c1cnn(C)c1)NC1CC1. The van der Waals surface area contributed by atoms with Gasteiger partial charge in [0.05, 0.1) is 12.2 Å². The molecule has 0 spiro atoms. The number of nitrogens with one attached hydrogen (secondary N) is 2. The lowest BCUT2D eigenvalue weighted by Gasteiger charge is -2.38. The first kappa shape index (κ1) is 17.8. The molecule has 0 unspecified atom stereocenters. The quantitative estimate of drug-likeness (QED) is 0.639. The molecule has 2 fully saturated rings. The van der Waals surface area contributed by atoms with Gasteiger partial charge in [0.1, 0.15) is 0 Å². The molecule has 2 atom stereocenters. The minimum atomic E-state index is -0.222. The zero-order valence-electron chi connectivity index (χ0n) is 15.9. The van der Waals surface area contributed by atoms with Gasteiger partial charge >= 0.3 is 0 Å². The molecule has 1 aromatic rings. The fraction of sp³-hybridized carbons (Fsp3) is 0.722. The summed E-state index contributed by atoms with van der Waals surface area (Å²) in [5, 5.41) is 11.1. The molecule has 7 nitrogen and oxygen atoms in total. The molecule has 1 aromatic heterocycles. The Bertz CT molecular complexity index is 655. The van der Waals surface area contributed by atoms with E-state index in [0.717, 1.165) is 11.5 Å². The van der Waals surface area contributed by atoms with E-state index in [4.69, 9.17) is 0 Å². The zero-order valence-corrected chi connectivity index (χ0v) is 15.9. The molecule has 7 heteroatoms. The molecule has 1 saturated carbocycles. The standard InChI is InChI=1S/C18H30N6O/c1-18(2,3)24-15(25)8-12(16(24)13-10-21-23(5)11-13)9-20-17(19-4)22-14-6-7-14/h10-12,14,16H,6-9H2,1-5H3,(H2,19,20,22)/t12-,16+/m0/s1. The Labute approximate surface area is 149 Å². The fourth-order valence-electron chi connectivity index (χ4n) is 3.63. The first-order valence-corrected chi connectivity index (χ1v) is 9.07. The summed E-state index contributed by atoms with van der Waals surface area (Å²) in [6.07, 6.45) is 6.86. The second kappa shape index (κ2) is 6.69. The van der Waals surface area contributed by atoms with Crippen LogP contribution in [-0.4, -0.2) is 51.7 Å². The van der Waals surface area contributed by atoms with Gasteiger partial charge < -0.3 is 15.5 Å². The molecule has 1 amide bonds. The minimum Gasteiger partial charge on any atom is -0.356 e. The molecule has 2 heterocycles. The lowest BCUT2D eigenvalue weighted by Crippen LogP contribution is -2.45. The number of aryl methyl sites for hydroxylation is 1. The van der Waals surface area contributed by atoms with Gasteiger partial charge in [-0.2, -0.15) is 5.10 Å². The highest BCUT2D eigenvalue weighted by atomic mass is 16.2. The number of carbonyl (C=O) groups excluding carboxylic acids is 1. The summed E-state index contributed by atoms with van der Waals surface area (Å²) >= 11 is 0. The van der Waals surface area contributed by atoms with Crippen molar-refractivity contribution in [3.05, 3.63) is 18.0 Å². The van der Waals surface area contributed by atoms with Crippen LogP contribution in [0.2, 0.25) is 0 Å². The predicted molar refractivity (Wildman–Crippen MR) is 98.2 cm³/mol. The van der Waals surface area contributed by atoms with Gasteiger partial charge in [0.25, 0.3) is 0 Å². The molecule has 1 saturated heterocycles. The second-order valence-corrected chi connectivity index (χ2v) is 8.16. The summed E-state index contributed by atoms with van der Waals surface area (Å²) in [4.78, 5) is 19.1. The van der Waals surface area contributed by atoms with Crippen molar-refractivity contribution >= 4 is 11.9 Å². The zero-order chi connectivity index (χ0) is 18.2. The highest BCUT2D eigenvalue weighted by Crippen LogP contribution is 2.41. The summed E-state index contributed by atoms with van der Waals surface area (Å²) in [6, 6.07) is 0.587. The van der Waals surface area contributed by atoms with Crippen LogP contribution in [0.1, 0.15) is 51.6 Å². The van der Waals surface area contributed by atoms with Gasteiger partial charge in [0.2, 0.25) is 5.91 Å². The van der Waals surface area contributed by atoms with Crippen molar-refractivity contribution in [2.24, 2.45) is 18.0 Å². The second-order valence-electron chi connectivity index (χ2n) is 8.16.